The minimum atomic E-state index is 0.243. The third-order valence-electron chi connectivity index (χ3n) is 1.49. The van der Waals surface area contributed by atoms with E-state index in [0.717, 1.165) is 0 Å². The van der Waals surface area contributed by atoms with Gasteiger partial charge in [-0.25, -0.2) is 4.98 Å². The van der Waals surface area contributed by atoms with Gasteiger partial charge in [-0.3, -0.25) is 0 Å². The average Bonchev–Trinajstić information content (AvgIpc) is 2.09. The number of hydrogen-bond acceptors (Lipinski definition) is 5. The van der Waals surface area contributed by atoms with Gasteiger partial charge in [-0.15, -0.1) is 0 Å². The van der Waals surface area contributed by atoms with Crippen molar-refractivity contribution in [2.45, 2.75) is 0 Å². The standard InChI is InChI=1S/C7H11N3O2/c1-11-4-3-10-7(9)5(8)6(4)12-2/h3H,8H2,1-2H3,(H2,9,10). The van der Waals surface area contributed by atoms with Gasteiger partial charge in [0, 0.05) is 0 Å². The van der Waals surface area contributed by atoms with Crippen LogP contribution in [0.5, 0.6) is 11.5 Å². The van der Waals surface area contributed by atoms with E-state index in [4.69, 9.17) is 20.9 Å². The highest BCUT2D eigenvalue weighted by Crippen LogP contribution is 2.34. The fourth-order valence-corrected chi connectivity index (χ4v) is 0.861. The molecule has 4 N–H and O–H groups in total. The first kappa shape index (κ1) is 8.45. The van der Waals surface area contributed by atoms with Crippen LogP contribution in [0.3, 0.4) is 0 Å². The number of nitrogen functional groups attached to an aromatic ring is 2. The molecule has 0 aliphatic rings. The summed E-state index contributed by atoms with van der Waals surface area (Å²) in [7, 11) is 3.00. The highest BCUT2D eigenvalue weighted by Gasteiger charge is 2.10. The zero-order chi connectivity index (χ0) is 9.14. The Bertz CT molecular complexity index is 288. The van der Waals surface area contributed by atoms with Gasteiger partial charge in [0.25, 0.3) is 0 Å². The molecule has 1 rings (SSSR count). The Balaban J connectivity index is 3.25. The van der Waals surface area contributed by atoms with Gasteiger partial charge in [0.1, 0.15) is 5.69 Å². The molecule has 1 aromatic rings. The number of ether oxygens (including phenoxy) is 2. The second-order valence-corrected chi connectivity index (χ2v) is 2.16. The maximum atomic E-state index is 5.58. The van der Waals surface area contributed by atoms with Crippen molar-refractivity contribution in [1.82, 2.24) is 4.98 Å². The van der Waals surface area contributed by atoms with Gasteiger partial charge < -0.3 is 20.9 Å². The first-order valence-electron chi connectivity index (χ1n) is 3.32. The van der Waals surface area contributed by atoms with E-state index in [1.54, 1.807) is 0 Å². The molecule has 5 heteroatoms. The molecule has 5 nitrogen and oxygen atoms in total. The predicted molar refractivity (Wildman–Crippen MR) is 46.2 cm³/mol. The van der Waals surface area contributed by atoms with Crippen LogP contribution < -0.4 is 20.9 Å². The summed E-state index contributed by atoms with van der Waals surface area (Å²) in [5, 5.41) is 0. The Morgan fingerprint density at radius 3 is 2.42 bits per heavy atom. The molecule has 0 aliphatic carbocycles. The minimum Gasteiger partial charge on any atom is -0.491 e. The summed E-state index contributed by atoms with van der Waals surface area (Å²) in [6.07, 6.45) is 1.46. The van der Waals surface area contributed by atoms with Gasteiger partial charge in [0.15, 0.2) is 17.3 Å². The average molecular weight is 169 g/mol. The number of anilines is 2. The molecule has 0 fully saturated rings. The second kappa shape index (κ2) is 3.17. The molecule has 0 atom stereocenters. The molecular formula is C7H11N3O2. The lowest BCUT2D eigenvalue weighted by molar-refractivity contribution is 0.355. The van der Waals surface area contributed by atoms with Crippen LogP contribution in [0, 0.1) is 0 Å². The molecule has 0 saturated heterocycles. The van der Waals surface area contributed by atoms with Crippen molar-refractivity contribution in [3.63, 3.8) is 0 Å². The Kier molecular flexibility index (Phi) is 2.23. The van der Waals surface area contributed by atoms with Crippen molar-refractivity contribution in [2.75, 3.05) is 25.7 Å². The summed E-state index contributed by atoms with van der Waals surface area (Å²) in [5.74, 6) is 1.14. The van der Waals surface area contributed by atoms with Crippen molar-refractivity contribution < 1.29 is 9.47 Å². The van der Waals surface area contributed by atoms with E-state index in [9.17, 15) is 0 Å². The van der Waals surface area contributed by atoms with Crippen LogP contribution in [0.4, 0.5) is 11.5 Å². The number of methoxy groups -OCH3 is 2. The summed E-state index contributed by atoms with van der Waals surface area (Å²) in [5.41, 5.74) is 11.3. The third kappa shape index (κ3) is 1.20. The van der Waals surface area contributed by atoms with Crippen molar-refractivity contribution in [3.05, 3.63) is 6.20 Å². The highest BCUT2D eigenvalue weighted by molar-refractivity contribution is 5.70. The first-order valence-corrected chi connectivity index (χ1v) is 3.32. The van der Waals surface area contributed by atoms with Crippen LogP contribution in [0.1, 0.15) is 0 Å². The van der Waals surface area contributed by atoms with Gasteiger partial charge in [-0.2, -0.15) is 0 Å². The van der Waals surface area contributed by atoms with Gasteiger partial charge in [-0.1, -0.05) is 0 Å². The zero-order valence-electron chi connectivity index (χ0n) is 7.00. The van der Waals surface area contributed by atoms with E-state index < -0.39 is 0 Å². The normalized spacial score (nSPS) is 9.50. The SMILES string of the molecule is COc1cnc(N)c(N)c1OC. The number of rotatable bonds is 2. The van der Waals surface area contributed by atoms with Crippen LogP contribution in [-0.2, 0) is 0 Å². The largest absolute Gasteiger partial charge is 0.491 e. The molecule has 0 aliphatic heterocycles. The first-order chi connectivity index (χ1) is 5.70. The topological polar surface area (TPSA) is 83.4 Å². The lowest BCUT2D eigenvalue weighted by Gasteiger charge is -2.09. The quantitative estimate of drug-likeness (QED) is 0.663. The molecular weight excluding hydrogens is 158 g/mol. The molecule has 0 amide bonds. The molecule has 0 spiro atoms. The highest BCUT2D eigenvalue weighted by atomic mass is 16.5. The smallest absolute Gasteiger partial charge is 0.189 e. The number of pyridine rings is 1. The Morgan fingerprint density at radius 2 is 1.92 bits per heavy atom. The molecule has 12 heavy (non-hydrogen) atoms. The molecule has 0 aromatic carbocycles. The predicted octanol–water partition coefficient (Wildman–Crippen LogP) is 0.263. The maximum Gasteiger partial charge on any atom is 0.189 e. The molecule has 1 heterocycles. The van der Waals surface area contributed by atoms with E-state index in [1.165, 1.54) is 20.4 Å². The molecule has 66 valence electrons. The fourth-order valence-electron chi connectivity index (χ4n) is 0.861. The zero-order valence-corrected chi connectivity index (χ0v) is 7.00. The molecule has 0 radical (unpaired) electrons. The summed E-state index contributed by atoms with van der Waals surface area (Å²) in [6, 6.07) is 0. The van der Waals surface area contributed by atoms with Gasteiger partial charge in [0.2, 0.25) is 0 Å². The number of nitrogens with zero attached hydrogens (tertiary/aromatic N) is 1. The second-order valence-electron chi connectivity index (χ2n) is 2.16. The minimum absolute atomic E-state index is 0.243. The lowest BCUT2D eigenvalue weighted by Crippen LogP contribution is -2.02. The number of aromatic nitrogens is 1. The third-order valence-corrected chi connectivity index (χ3v) is 1.49. The van der Waals surface area contributed by atoms with Gasteiger partial charge in [-0.05, 0) is 0 Å². The summed E-state index contributed by atoms with van der Waals surface area (Å²) < 4.78 is 9.93. The summed E-state index contributed by atoms with van der Waals surface area (Å²) >= 11 is 0. The maximum absolute atomic E-state index is 5.58. The van der Waals surface area contributed by atoms with Crippen LogP contribution in [-0.4, -0.2) is 19.2 Å². The summed E-state index contributed by atoms with van der Waals surface area (Å²) in [6.45, 7) is 0. The van der Waals surface area contributed by atoms with E-state index >= 15 is 0 Å². The molecule has 1 aromatic heterocycles. The Labute approximate surface area is 70.3 Å². The van der Waals surface area contributed by atoms with Crippen LogP contribution >= 0.6 is 0 Å². The van der Waals surface area contributed by atoms with Crippen LogP contribution in [0.25, 0.3) is 0 Å². The van der Waals surface area contributed by atoms with Crippen LogP contribution in [0.15, 0.2) is 6.20 Å². The molecule has 0 bridgehead atoms. The Hall–Kier alpha value is -1.65. The van der Waals surface area contributed by atoms with Crippen molar-refractivity contribution in [1.29, 1.82) is 0 Å². The Morgan fingerprint density at radius 1 is 1.25 bits per heavy atom. The molecule has 0 saturated carbocycles. The van der Waals surface area contributed by atoms with Crippen LogP contribution in [0.2, 0.25) is 0 Å². The van der Waals surface area contributed by atoms with E-state index in [0.29, 0.717) is 17.2 Å². The molecule has 0 unspecified atom stereocenters. The van der Waals surface area contributed by atoms with Crippen molar-refractivity contribution in [3.8, 4) is 11.5 Å². The number of hydrogen-bond donors (Lipinski definition) is 2. The van der Waals surface area contributed by atoms with E-state index in [-0.39, 0.29) is 5.82 Å². The lowest BCUT2D eigenvalue weighted by atomic mass is 10.3. The number of nitrogens with two attached hydrogens (primary N) is 2. The summed E-state index contributed by atoms with van der Waals surface area (Å²) in [4.78, 5) is 3.81. The van der Waals surface area contributed by atoms with Gasteiger partial charge in [0.05, 0.1) is 20.4 Å². The van der Waals surface area contributed by atoms with E-state index in [2.05, 4.69) is 4.98 Å². The fraction of sp³-hybridized carbons (Fsp3) is 0.286. The van der Waals surface area contributed by atoms with Crippen molar-refractivity contribution >= 4 is 11.5 Å². The monoisotopic (exact) mass is 169 g/mol. The van der Waals surface area contributed by atoms with E-state index in [1.807, 2.05) is 0 Å². The van der Waals surface area contributed by atoms with Crippen molar-refractivity contribution in [2.24, 2.45) is 0 Å². The van der Waals surface area contributed by atoms with Gasteiger partial charge >= 0.3 is 0 Å².